The number of thiazole rings is 1. The van der Waals surface area contributed by atoms with Crippen molar-refractivity contribution in [3.05, 3.63) is 68.6 Å². The first-order valence-electron chi connectivity index (χ1n) is 8.47. The minimum Gasteiger partial charge on any atom is -0.304 e. The molecule has 136 valence electrons. The number of hydrogen-bond acceptors (Lipinski definition) is 6. The summed E-state index contributed by atoms with van der Waals surface area (Å²) >= 11 is 4.81. The Morgan fingerprint density at radius 3 is 2.75 bits per heavy atom. The molecule has 28 heavy (non-hydrogen) atoms. The van der Waals surface area contributed by atoms with Crippen LogP contribution in [0.25, 0.3) is 43.9 Å². The van der Waals surface area contributed by atoms with E-state index in [2.05, 4.69) is 36.9 Å². The molecule has 5 aromatic rings. The monoisotopic (exact) mass is 449 g/mol. The minimum atomic E-state index is -0.238. The van der Waals surface area contributed by atoms with Gasteiger partial charge in [-0.2, -0.15) is 0 Å². The van der Waals surface area contributed by atoms with Crippen molar-refractivity contribution in [2.75, 3.05) is 0 Å². The first-order valence-corrected chi connectivity index (χ1v) is 10.1. The molecule has 0 fully saturated rings. The summed E-state index contributed by atoms with van der Waals surface area (Å²) in [5.74, 6) is 0. The number of rotatable bonds is 2. The van der Waals surface area contributed by atoms with Gasteiger partial charge in [0.1, 0.15) is 11.2 Å². The molecule has 0 saturated carbocycles. The second-order valence-corrected chi connectivity index (χ2v) is 8.34. The van der Waals surface area contributed by atoms with E-state index in [0.717, 1.165) is 32.0 Å². The van der Waals surface area contributed by atoms with Crippen LogP contribution in [0.4, 0.5) is 0 Å². The van der Waals surface area contributed by atoms with Crippen LogP contribution in [-0.4, -0.2) is 24.9 Å². The van der Waals surface area contributed by atoms with E-state index in [0.29, 0.717) is 21.3 Å². The van der Waals surface area contributed by atoms with Crippen molar-refractivity contribution in [3.63, 3.8) is 0 Å². The van der Waals surface area contributed by atoms with Crippen molar-refractivity contribution in [1.29, 1.82) is 0 Å². The highest BCUT2D eigenvalue weighted by Crippen LogP contribution is 2.34. The van der Waals surface area contributed by atoms with Crippen molar-refractivity contribution in [3.8, 4) is 21.8 Å². The van der Waals surface area contributed by atoms with Crippen molar-refractivity contribution in [1.82, 2.24) is 24.9 Å². The molecular weight excluding hydrogens is 438 g/mol. The fourth-order valence-corrected chi connectivity index (χ4v) is 4.14. The van der Waals surface area contributed by atoms with Crippen LogP contribution in [0.3, 0.4) is 0 Å². The number of H-pyrrole nitrogens is 1. The third kappa shape index (κ3) is 2.90. The molecule has 0 atom stereocenters. The highest BCUT2D eigenvalue weighted by Gasteiger charge is 2.17. The molecule has 0 spiro atoms. The van der Waals surface area contributed by atoms with Crippen LogP contribution in [0.2, 0.25) is 0 Å². The van der Waals surface area contributed by atoms with E-state index in [1.54, 1.807) is 29.8 Å². The second kappa shape index (κ2) is 6.57. The largest absolute Gasteiger partial charge is 0.304 e. The van der Waals surface area contributed by atoms with Gasteiger partial charge in [-0.25, -0.2) is 15.0 Å². The lowest BCUT2D eigenvalue weighted by Crippen LogP contribution is -2.08. The molecule has 0 aliphatic rings. The zero-order chi connectivity index (χ0) is 19.3. The molecule has 6 nitrogen and oxygen atoms in total. The molecular formula is C20H12BrN5OS. The molecule has 5 rings (SSSR count). The van der Waals surface area contributed by atoms with Crippen LogP contribution in [-0.2, 0) is 0 Å². The lowest BCUT2D eigenvalue weighted by atomic mass is 10.1. The van der Waals surface area contributed by atoms with Crippen LogP contribution < -0.4 is 5.56 Å². The number of nitrogens with one attached hydrogen (secondary N) is 1. The molecule has 1 aromatic carbocycles. The number of nitrogens with zero attached hydrogens (tertiary/aromatic N) is 4. The second-order valence-electron chi connectivity index (χ2n) is 6.26. The summed E-state index contributed by atoms with van der Waals surface area (Å²) in [5, 5.41) is 1.96. The Hall–Kier alpha value is -2.97. The molecule has 0 unspecified atom stereocenters. The molecule has 4 aromatic heterocycles. The number of pyridine rings is 2. The zero-order valence-corrected chi connectivity index (χ0v) is 17.0. The molecule has 0 bridgehead atoms. The predicted octanol–water partition coefficient (Wildman–Crippen LogP) is 4.73. The number of aromatic nitrogens is 5. The molecule has 4 heterocycles. The van der Waals surface area contributed by atoms with E-state index in [4.69, 9.17) is 9.97 Å². The van der Waals surface area contributed by atoms with Gasteiger partial charge in [0.15, 0.2) is 5.65 Å². The third-order valence-corrected chi connectivity index (χ3v) is 5.87. The number of fused-ring (bicyclic) bond motifs is 2. The highest BCUT2D eigenvalue weighted by molar-refractivity contribution is 9.10. The number of halogens is 1. The van der Waals surface area contributed by atoms with Gasteiger partial charge in [-0.1, -0.05) is 12.1 Å². The summed E-state index contributed by atoms with van der Waals surface area (Å²) in [6.07, 6.45) is 3.57. The Bertz CT molecular complexity index is 1430. The van der Waals surface area contributed by atoms with E-state index in [9.17, 15) is 4.79 Å². The van der Waals surface area contributed by atoms with E-state index in [1.807, 2.05) is 31.2 Å². The Labute approximate surface area is 171 Å². The summed E-state index contributed by atoms with van der Waals surface area (Å²) in [4.78, 5) is 34.0. The van der Waals surface area contributed by atoms with Crippen molar-refractivity contribution in [2.45, 2.75) is 6.92 Å². The SMILES string of the molecule is Cc1ncc(-c2nc3[nH]c(=O)c(Br)cc3nc2-c2ccc3ncccc3c2)s1. The van der Waals surface area contributed by atoms with Crippen LogP contribution in [0.1, 0.15) is 5.01 Å². The maximum Gasteiger partial charge on any atom is 0.263 e. The van der Waals surface area contributed by atoms with Gasteiger partial charge in [0, 0.05) is 23.3 Å². The van der Waals surface area contributed by atoms with Crippen molar-refractivity contribution < 1.29 is 0 Å². The van der Waals surface area contributed by atoms with Gasteiger partial charge in [-0.05, 0) is 47.1 Å². The molecule has 0 saturated heterocycles. The predicted molar refractivity (Wildman–Crippen MR) is 114 cm³/mol. The van der Waals surface area contributed by atoms with Gasteiger partial charge in [-0.15, -0.1) is 11.3 Å². The smallest absolute Gasteiger partial charge is 0.263 e. The maximum absolute atomic E-state index is 12.0. The average molecular weight is 450 g/mol. The third-order valence-electron chi connectivity index (χ3n) is 4.37. The lowest BCUT2D eigenvalue weighted by Gasteiger charge is -2.09. The summed E-state index contributed by atoms with van der Waals surface area (Å²) in [6.45, 7) is 1.95. The highest BCUT2D eigenvalue weighted by atomic mass is 79.9. The Morgan fingerprint density at radius 2 is 1.93 bits per heavy atom. The zero-order valence-electron chi connectivity index (χ0n) is 14.6. The van der Waals surface area contributed by atoms with Gasteiger partial charge < -0.3 is 4.98 Å². The van der Waals surface area contributed by atoms with Gasteiger partial charge in [0.25, 0.3) is 5.56 Å². The molecule has 0 amide bonds. The quantitative estimate of drug-likeness (QED) is 0.421. The maximum atomic E-state index is 12.0. The van der Waals surface area contributed by atoms with E-state index in [-0.39, 0.29) is 5.56 Å². The molecule has 0 radical (unpaired) electrons. The number of hydrogen-bond donors (Lipinski definition) is 1. The summed E-state index contributed by atoms with van der Waals surface area (Å²) < 4.78 is 0.421. The van der Waals surface area contributed by atoms with Crippen LogP contribution in [0.15, 0.2) is 58.1 Å². The Kier molecular flexibility index (Phi) is 4.03. The van der Waals surface area contributed by atoms with Gasteiger partial charge in [-0.3, -0.25) is 9.78 Å². The number of aromatic amines is 1. The van der Waals surface area contributed by atoms with Gasteiger partial charge in [0.2, 0.25) is 0 Å². The number of aryl methyl sites for hydroxylation is 1. The average Bonchev–Trinajstić information content (AvgIpc) is 3.14. The van der Waals surface area contributed by atoms with Gasteiger partial charge >= 0.3 is 0 Å². The summed E-state index contributed by atoms with van der Waals surface area (Å²) in [7, 11) is 0. The normalized spacial score (nSPS) is 11.4. The van der Waals surface area contributed by atoms with E-state index in [1.165, 1.54) is 0 Å². The first-order chi connectivity index (χ1) is 13.6. The first kappa shape index (κ1) is 17.2. The van der Waals surface area contributed by atoms with E-state index < -0.39 is 0 Å². The van der Waals surface area contributed by atoms with Crippen LogP contribution in [0.5, 0.6) is 0 Å². The molecule has 0 aliphatic heterocycles. The van der Waals surface area contributed by atoms with Crippen LogP contribution in [0, 0.1) is 6.92 Å². The topological polar surface area (TPSA) is 84.4 Å². The van der Waals surface area contributed by atoms with E-state index >= 15 is 0 Å². The molecule has 1 N–H and O–H groups in total. The Balaban J connectivity index is 1.83. The molecule has 0 aliphatic carbocycles. The van der Waals surface area contributed by atoms with Gasteiger partial charge in [0.05, 0.1) is 25.6 Å². The van der Waals surface area contributed by atoms with Crippen molar-refractivity contribution in [2.24, 2.45) is 0 Å². The fourth-order valence-electron chi connectivity index (χ4n) is 3.06. The fraction of sp³-hybridized carbons (Fsp3) is 0.0500. The minimum absolute atomic E-state index is 0.238. The summed E-state index contributed by atoms with van der Waals surface area (Å²) in [6, 6.07) is 11.6. The lowest BCUT2D eigenvalue weighted by molar-refractivity contribution is 1.18. The van der Waals surface area contributed by atoms with Crippen LogP contribution >= 0.6 is 27.3 Å². The standard InChI is InChI=1S/C20H12BrN5OS/c1-10-23-9-16(28-10)18-17(12-4-5-14-11(7-12)3-2-6-22-14)24-15-8-13(21)20(27)26-19(15)25-18/h2-9H,1H3,(H,25,26,27). The summed E-state index contributed by atoms with van der Waals surface area (Å²) in [5.41, 5.74) is 4.09. The van der Waals surface area contributed by atoms with Crippen molar-refractivity contribution >= 4 is 49.3 Å². The molecule has 8 heteroatoms. The Morgan fingerprint density at radius 1 is 1.04 bits per heavy atom. The number of benzene rings is 1.